The first-order chi connectivity index (χ1) is 12.9. The zero-order valence-corrected chi connectivity index (χ0v) is 15.8. The van der Waals surface area contributed by atoms with E-state index in [1.54, 1.807) is 17.0 Å². The van der Waals surface area contributed by atoms with Gasteiger partial charge in [0.1, 0.15) is 11.4 Å². The molecule has 1 saturated heterocycles. The molecule has 0 aromatic heterocycles. The van der Waals surface area contributed by atoms with Gasteiger partial charge in [0, 0.05) is 19.6 Å². The van der Waals surface area contributed by atoms with Crippen molar-refractivity contribution in [2.75, 3.05) is 13.2 Å². The molecule has 1 aliphatic heterocycles. The highest BCUT2D eigenvalue weighted by atomic mass is 19.1. The molecule has 2 aromatic carbocycles. The highest BCUT2D eigenvalue weighted by molar-refractivity contribution is 5.70. The van der Waals surface area contributed by atoms with Crippen LogP contribution >= 0.6 is 0 Å². The van der Waals surface area contributed by atoms with E-state index in [0.29, 0.717) is 25.8 Å². The number of cyclic esters (lactones) is 1. The maximum Gasteiger partial charge on any atom is 0.411 e. The van der Waals surface area contributed by atoms with E-state index in [-0.39, 0.29) is 24.6 Å². The Morgan fingerprint density at radius 3 is 2.44 bits per heavy atom. The zero-order valence-electron chi connectivity index (χ0n) is 15.8. The second kappa shape index (κ2) is 8.09. The van der Waals surface area contributed by atoms with Gasteiger partial charge in [0.05, 0.1) is 6.04 Å². The van der Waals surface area contributed by atoms with Crippen molar-refractivity contribution < 1.29 is 19.0 Å². The second-order valence-electron chi connectivity index (χ2n) is 7.23. The van der Waals surface area contributed by atoms with Crippen LogP contribution in [0.1, 0.15) is 48.9 Å². The van der Waals surface area contributed by atoms with Gasteiger partial charge in [-0.3, -0.25) is 0 Å². The molecule has 0 bridgehead atoms. The summed E-state index contributed by atoms with van der Waals surface area (Å²) in [6, 6.07) is 14.1. The van der Waals surface area contributed by atoms with Gasteiger partial charge < -0.3 is 14.7 Å². The van der Waals surface area contributed by atoms with Crippen molar-refractivity contribution in [3.8, 4) is 0 Å². The summed E-state index contributed by atoms with van der Waals surface area (Å²) < 4.78 is 19.3. The molecule has 1 amide bonds. The Labute approximate surface area is 159 Å². The standard InChI is InChI=1S/C22H26FNO3/c1-16-4-6-18(7-5-16)17(2)24-14-13-22(12-3-15-25,27-21(24)26)19-8-10-20(23)11-9-19/h4-11,17,25H,3,12-15H2,1-2H3/t17-,22?/m0/s1. The molecule has 27 heavy (non-hydrogen) atoms. The Kier molecular flexibility index (Phi) is 5.80. The monoisotopic (exact) mass is 371 g/mol. The molecule has 0 radical (unpaired) electrons. The maximum absolute atomic E-state index is 13.3. The summed E-state index contributed by atoms with van der Waals surface area (Å²) in [4.78, 5) is 14.6. The quantitative estimate of drug-likeness (QED) is 0.800. The smallest absolute Gasteiger partial charge is 0.411 e. The van der Waals surface area contributed by atoms with E-state index >= 15 is 0 Å². The van der Waals surface area contributed by atoms with E-state index in [0.717, 1.165) is 11.1 Å². The van der Waals surface area contributed by atoms with Crippen LogP contribution in [0.3, 0.4) is 0 Å². The largest absolute Gasteiger partial charge is 0.438 e. The summed E-state index contributed by atoms with van der Waals surface area (Å²) in [7, 11) is 0. The topological polar surface area (TPSA) is 49.8 Å². The minimum Gasteiger partial charge on any atom is -0.438 e. The summed E-state index contributed by atoms with van der Waals surface area (Å²) in [5.41, 5.74) is 2.18. The SMILES string of the molecule is Cc1ccc([C@H](C)N2CCC(CCCO)(c3ccc(F)cc3)OC2=O)cc1. The molecule has 2 atom stereocenters. The molecular weight excluding hydrogens is 345 g/mol. The van der Waals surface area contributed by atoms with Gasteiger partial charge in [-0.05, 0) is 49.9 Å². The normalized spacial score (nSPS) is 21.0. The van der Waals surface area contributed by atoms with Gasteiger partial charge in [-0.25, -0.2) is 9.18 Å². The number of hydrogen-bond acceptors (Lipinski definition) is 3. The van der Waals surface area contributed by atoms with Gasteiger partial charge >= 0.3 is 6.09 Å². The molecule has 0 saturated carbocycles. The van der Waals surface area contributed by atoms with Crippen molar-refractivity contribution >= 4 is 6.09 Å². The average molecular weight is 371 g/mol. The number of carbonyl (C=O) groups excluding carboxylic acids is 1. The summed E-state index contributed by atoms with van der Waals surface area (Å²) in [5, 5.41) is 9.27. The first-order valence-corrected chi connectivity index (χ1v) is 9.38. The predicted molar refractivity (Wildman–Crippen MR) is 102 cm³/mol. The fourth-order valence-corrected chi connectivity index (χ4v) is 3.69. The molecule has 144 valence electrons. The molecule has 0 aliphatic carbocycles. The lowest BCUT2D eigenvalue weighted by atomic mass is 9.84. The number of benzene rings is 2. The van der Waals surface area contributed by atoms with Gasteiger partial charge in [0.2, 0.25) is 0 Å². The van der Waals surface area contributed by atoms with Crippen LogP contribution in [0, 0.1) is 12.7 Å². The molecule has 5 heteroatoms. The van der Waals surface area contributed by atoms with E-state index in [4.69, 9.17) is 4.74 Å². The van der Waals surface area contributed by atoms with Gasteiger partial charge in [0.25, 0.3) is 0 Å². The molecule has 1 aliphatic rings. The molecule has 3 rings (SSSR count). The Balaban J connectivity index is 1.81. The zero-order chi connectivity index (χ0) is 19.4. The third-order valence-electron chi connectivity index (χ3n) is 5.41. The third-order valence-corrected chi connectivity index (χ3v) is 5.41. The first-order valence-electron chi connectivity index (χ1n) is 9.38. The van der Waals surface area contributed by atoms with Gasteiger partial charge in [-0.1, -0.05) is 42.0 Å². The number of amides is 1. The van der Waals surface area contributed by atoms with Gasteiger partial charge in [0.15, 0.2) is 0 Å². The van der Waals surface area contributed by atoms with Crippen molar-refractivity contribution in [1.82, 2.24) is 4.90 Å². The number of aryl methyl sites for hydroxylation is 1. The molecule has 4 nitrogen and oxygen atoms in total. The molecule has 1 unspecified atom stereocenters. The van der Waals surface area contributed by atoms with Crippen molar-refractivity contribution in [1.29, 1.82) is 0 Å². The van der Waals surface area contributed by atoms with Crippen molar-refractivity contribution in [3.05, 3.63) is 71.0 Å². The van der Waals surface area contributed by atoms with Crippen LogP contribution in [-0.4, -0.2) is 29.3 Å². The number of hydrogen-bond donors (Lipinski definition) is 1. The van der Waals surface area contributed by atoms with E-state index in [1.165, 1.54) is 17.7 Å². The lowest BCUT2D eigenvalue weighted by Gasteiger charge is -2.43. The number of aliphatic hydroxyl groups is 1. The minimum atomic E-state index is -0.822. The number of nitrogens with zero attached hydrogens (tertiary/aromatic N) is 1. The first kappa shape index (κ1) is 19.4. The fraction of sp³-hybridized carbons (Fsp3) is 0.409. The van der Waals surface area contributed by atoms with Crippen molar-refractivity contribution in [2.24, 2.45) is 0 Å². The number of carbonyl (C=O) groups is 1. The number of aliphatic hydroxyl groups excluding tert-OH is 1. The van der Waals surface area contributed by atoms with Gasteiger partial charge in [-0.15, -0.1) is 0 Å². The lowest BCUT2D eigenvalue weighted by Crippen LogP contribution is -2.48. The van der Waals surface area contributed by atoms with Crippen LogP contribution in [0.2, 0.25) is 0 Å². The van der Waals surface area contributed by atoms with E-state index < -0.39 is 5.60 Å². The highest BCUT2D eigenvalue weighted by Gasteiger charge is 2.43. The molecule has 0 spiro atoms. The minimum absolute atomic E-state index is 0.0178. The van der Waals surface area contributed by atoms with Crippen molar-refractivity contribution in [3.63, 3.8) is 0 Å². The highest BCUT2D eigenvalue weighted by Crippen LogP contribution is 2.40. The third kappa shape index (κ3) is 4.14. The second-order valence-corrected chi connectivity index (χ2v) is 7.23. The molecule has 2 aromatic rings. The molecule has 1 heterocycles. The summed E-state index contributed by atoms with van der Waals surface area (Å²) in [6.07, 6.45) is 1.24. The molecule has 1 fully saturated rings. The van der Waals surface area contributed by atoms with Crippen LogP contribution in [0.15, 0.2) is 48.5 Å². The Morgan fingerprint density at radius 1 is 1.19 bits per heavy atom. The van der Waals surface area contributed by atoms with Crippen LogP contribution in [0.4, 0.5) is 9.18 Å². The van der Waals surface area contributed by atoms with E-state index in [9.17, 15) is 14.3 Å². The number of ether oxygens (including phenoxy) is 1. The van der Waals surface area contributed by atoms with Crippen LogP contribution in [0.5, 0.6) is 0 Å². The predicted octanol–water partition coefficient (Wildman–Crippen LogP) is 4.71. The average Bonchev–Trinajstić information content (AvgIpc) is 2.67. The summed E-state index contributed by atoms with van der Waals surface area (Å²) in [5.74, 6) is -0.326. The number of halogens is 1. The van der Waals surface area contributed by atoms with Crippen LogP contribution in [-0.2, 0) is 10.3 Å². The summed E-state index contributed by atoms with van der Waals surface area (Å²) in [6.45, 7) is 4.58. The van der Waals surface area contributed by atoms with Gasteiger partial charge in [-0.2, -0.15) is 0 Å². The van der Waals surface area contributed by atoms with Crippen molar-refractivity contribution in [2.45, 2.75) is 44.8 Å². The Morgan fingerprint density at radius 2 is 1.85 bits per heavy atom. The fourth-order valence-electron chi connectivity index (χ4n) is 3.69. The lowest BCUT2D eigenvalue weighted by molar-refractivity contribution is -0.0680. The number of rotatable bonds is 6. The van der Waals surface area contributed by atoms with E-state index in [2.05, 4.69) is 0 Å². The maximum atomic E-state index is 13.3. The molecule has 1 N–H and O–H groups in total. The Bertz CT molecular complexity index is 775. The van der Waals surface area contributed by atoms with Crippen LogP contribution < -0.4 is 0 Å². The molecular formula is C22H26FNO3. The van der Waals surface area contributed by atoms with E-state index in [1.807, 2.05) is 38.1 Å². The summed E-state index contributed by atoms with van der Waals surface area (Å²) >= 11 is 0. The Hall–Kier alpha value is -2.40. The van der Waals surface area contributed by atoms with Crippen LogP contribution in [0.25, 0.3) is 0 Å².